The van der Waals surface area contributed by atoms with E-state index < -0.39 is 0 Å². The number of aromatic nitrogens is 2. The van der Waals surface area contributed by atoms with Crippen LogP contribution in [0.1, 0.15) is 18.2 Å². The SMILES string of the molecule is Cc1cc(NC(=O)C2Cc3ccccc3NC2C)n(C)n1. The molecule has 0 fully saturated rings. The maximum absolute atomic E-state index is 12.6. The fourth-order valence-electron chi connectivity index (χ4n) is 2.86. The van der Waals surface area contributed by atoms with Crippen molar-refractivity contribution >= 4 is 17.4 Å². The van der Waals surface area contributed by atoms with Crippen LogP contribution < -0.4 is 10.6 Å². The lowest BCUT2D eigenvalue weighted by Crippen LogP contribution is -2.40. The van der Waals surface area contributed by atoms with Gasteiger partial charge in [-0.25, -0.2) is 0 Å². The van der Waals surface area contributed by atoms with Crippen molar-refractivity contribution in [2.75, 3.05) is 10.6 Å². The summed E-state index contributed by atoms with van der Waals surface area (Å²) < 4.78 is 1.70. The van der Waals surface area contributed by atoms with Gasteiger partial charge in [0.2, 0.25) is 5.91 Å². The normalized spacial score (nSPS) is 20.5. The van der Waals surface area contributed by atoms with E-state index >= 15 is 0 Å². The monoisotopic (exact) mass is 284 g/mol. The summed E-state index contributed by atoms with van der Waals surface area (Å²) >= 11 is 0. The molecule has 1 aliphatic rings. The lowest BCUT2D eigenvalue weighted by atomic mass is 9.87. The van der Waals surface area contributed by atoms with E-state index in [2.05, 4.69) is 34.8 Å². The second kappa shape index (κ2) is 5.24. The van der Waals surface area contributed by atoms with Gasteiger partial charge in [-0.2, -0.15) is 5.10 Å². The van der Waals surface area contributed by atoms with Crippen molar-refractivity contribution in [3.63, 3.8) is 0 Å². The van der Waals surface area contributed by atoms with Crippen LogP contribution >= 0.6 is 0 Å². The number of fused-ring (bicyclic) bond motifs is 1. The minimum Gasteiger partial charge on any atom is -0.382 e. The Balaban J connectivity index is 1.78. The zero-order valence-electron chi connectivity index (χ0n) is 12.6. The van der Waals surface area contributed by atoms with Gasteiger partial charge in [0.1, 0.15) is 5.82 Å². The van der Waals surface area contributed by atoms with Crippen LogP contribution in [0.3, 0.4) is 0 Å². The van der Waals surface area contributed by atoms with Gasteiger partial charge in [-0.15, -0.1) is 0 Å². The van der Waals surface area contributed by atoms with Gasteiger partial charge >= 0.3 is 0 Å². The number of hydrogen-bond donors (Lipinski definition) is 2. The molecule has 2 heterocycles. The van der Waals surface area contributed by atoms with Crippen LogP contribution in [0.4, 0.5) is 11.5 Å². The number of carbonyl (C=O) groups excluding carboxylic acids is 1. The van der Waals surface area contributed by atoms with Crippen LogP contribution in [0.25, 0.3) is 0 Å². The Bertz CT molecular complexity index is 677. The molecule has 2 aromatic rings. The summed E-state index contributed by atoms with van der Waals surface area (Å²) in [6.45, 7) is 3.96. The summed E-state index contributed by atoms with van der Waals surface area (Å²) in [5.74, 6) is 0.686. The standard InChI is InChI=1S/C16H20N4O/c1-10-8-15(20(3)19-10)18-16(21)13-9-12-6-4-5-7-14(12)17-11(13)2/h4-8,11,13,17H,9H2,1-3H3,(H,18,21). The molecule has 0 saturated heterocycles. The summed E-state index contributed by atoms with van der Waals surface area (Å²) in [5, 5.41) is 10.6. The van der Waals surface area contributed by atoms with Crippen molar-refractivity contribution in [3.8, 4) is 0 Å². The summed E-state index contributed by atoms with van der Waals surface area (Å²) in [6, 6.07) is 10.1. The number of nitrogens with zero attached hydrogens (tertiary/aromatic N) is 2. The number of para-hydroxylation sites is 1. The van der Waals surface area contributed by atoms with Crippen LogP contribution in [0.5, 0.6) is 0 Å². The van der Waals surface area contributed by atoms with Crippen LogP contribution in [-0.2, 0) is 18.3 Å². The summed E-state index contributed by atoms with van der Waals surface area (Å²) in [7, 11) is 1.83. The average Bonchev–Trinajstić information content (AvgIpc) is 2.76. The Morgan fingerprint density at radius 1 is 1.43 bits per heavy atom. The van der Waals surface area contributed by atoms with Gasteiger partial charge in [-0.3, -0.25) is 9.48 Å². The quantitative estimate of drug-likeness (QED) is 0.890. The maximum atomic E-state index is 12.6. The number of benzene rings is 1. The first-order valence-corrected chi connectivity index (χ1v) is 7.20. The first-order valence-electron chi connectivity index (χ1n) is 7.20. The number of amides is 1. The minimum absolute atomic E-state index is 0.0347. The summed E-state index contributed by atoms with van der Waals surface area (Å²) in [5.41, 5.74) is 3.22. The topological polar surface area (TPSA) is 59.0 Å². The summed E-state index contributed by atoms with van der Waals surface area (Å²) in [6.07, 6.45) is 0.757. The highest BCUT2D eigenvalue weighted by Crippen LogP contribution is 2.29. The van der Waals surface area contributed by atoms with Gasteiger partial charge in [0, 0.05) is 24.8 Å². The van der Waals surface area contributed by atoms with Crippen LogP contribution in [0.15, 0.2) is 30.3 Å². The highest BCUT2D eigenvalue weighted by Gasteiger charge is 2.30. The first kappa shape index (κ1) is 13.7. The Morgan fingerprint density at radius 2 is 2.19 bits per heavy atom. The predicted molar refractivity (Wildman–Crippen MR) is 83.3 cm³/mol. The second-order valence-corrected chi connectivity index (χ2v) is 5.68. The zero-order chi connectivity index (χ0) is 15.0. The molecule has 5 heteroatoms. The number of nitrogens with one attached hydrogen (secondary N) is 2. The molecule has 0 aliphatic carbocycles. The molecule has 0 bridgehead atoms. The smallest absolute Gasteiger partial charge is 0.231 e. The van der Waals surface area contributed by atoms with E-state index in [9.17, 15) is 4.79 Å². The molecule has 3 rings (SSSR count). The molecule has 0 spiro atoms. The van der Waals surface area contributed by atoms with Crippen molar-refractivity contribution < 1.29 is 4.79 Å². The van der Waals surface area contributed by atoms with Gasteiger partial charge in [-0.05, 0) is 31.9 Å². The van der Waals surface area contributed by atoms with Gasteiger partial charge in [0.25, 0.3) is 0 Å². The number of anilines is 2. The van der Waals surface area contributed by atoms with Gasteiger partial charge in [-0.1, -0.05) is 18.2 Å². The van der Waals surface area contributed by atoms with Crippen molar-refractivity contribution in [3.05, 3.63) is 41.6 Å². The average molecular weight is 284 g/mol. The molecule has 1 amide bonds. The van der Waals surface area contributed by atoms with Crippen molar-refractivity contribution in [2.45, 2.75) is 26.3 Å². The number of carbonyl (C=O) groups is 1. The Kier molecular flexibility index (Phi) is 3.41. The van der Waals surface area contributed by atoms with Crippen molar-refractivity contribution in [1.29, 1.82) is 0 Å². The molecule has 110 valence electrons. The fourth-order valence-corrected chi connectivity index (χ4v) is 2.86. The lowest BCUT2D eigenvalue weighted by molar-refractivity contribution is -0.120. The lowest BCUT2D eigenvalue weighted by Gasteiger charge is -2.31. The van der Waals surface area contributed by atoms with E-state index in [0.29, 0.717) is 0 Å². The van der Waals surface area contributed by atoms with Crippen LogP contribution in [-0.4, -0.2) is 21.7 Å². The van der Waals surface area contributed by atoms with E-state index in [1.165, 1.54) is 5.56 Å². The maximum Gasteiger partial charge on any atom is 0.231 e. The minimum atomic E-state index is -0.0879. The number of rotatable bonds is 2. The van der Waals surface area contributed by atoms with E-state index in [1.807, 2.05) is 32.2 Å². The van der Waals surface area contributed by atoms with E-state index in [1.54, 1.807) is 4.68 Å². The highest BCUT2D eigenvalue weighted by atomic mass is 16.2. The third-order valence-electron chi connectivity index (χ3n) is 4.03. The Labute approximate surface area is 124 Å². The van der Waals surface area contributed by atoms with Gasteiger partial charge in [0.05, 0.1) is 11.6 Å². The van der Waals surface area contributed by atoms with Crippen LogP contribution in [0, 0.1) is 12.8 Å². The van der Waals surface area contributed by atoms with E-state index in [-0.39, 0.29) is 17.9 Å². The highest BCUT2D eigenvalue weighted by molar-refractivity contribution is 5.93. The third kappa shape index (κ3) is 2.63. The molecule has 1 aromatic heterocycles. The zero-order valence-corrected chi connectivity index (χ0v) is 12.6. The molecule has 5 nitrogen and oxygen atoms in total. The van der Waals surface area contributed by atoms with Gasteiger partial charge < -0.3 is 10.6 Å². The van der Waals surface area contributed by atoms with Crippen molar-refractivity contribution in [2.24, 2.45) is 13.0 Å². The molecular weight excluding hydrogens is 264 g/mol. The molecule has 2 unspecified atom stereocenters. The van der Waals surface area contributed by atoms with Crippen LogP contribution in [0.2, 0.25) is 0 Å². The van der Waals surface area contributed by atoms with E-state index in [0.717, 1.165) is 23.6 Å². The third-order valence-corrected chi connectivity index (χ3v) is 4.03. The Morgan fingerprint density at radius 3 is 2.90 bits per heavy atom. The molecule has 21 heavy (non-hydrogen) atoms. The fraction of sp³-hybridized carbons (Fsp3) is 0.375. The first-order chi connectivity index (χ1) is 10.0. The Hall–Kier alpha value is -2.30. The van der Waals surface area contributed by atoms with Gasteiger partial charge in [0.15, 0.2) is 0 Å². The molecule has 0 saturated carbocycles. The molecule has 2 N–H and O–H groups in total. The number of aryl methyl sites for hydroxylation is 2. The molecule has 2 atom stereocenters. The van der Waals surface area contributed by atoms with Crippen molar-refractivity contribution in [1.82, 2.24) is 9.78 Å². The largest absolute Gasteiger partial charge is 0.382 e. The summed E-state index contributed by atoms with van der Waals surface area (Å²) in [4.78, 5) is 12.6. The molecular formula is C16H20N4O. The van der Waals surface area contributed by atoms with E-state index in [4.69, 9.17) is 0 Å². The predicted octanol–water partition coefficient (Wildman–Crippen LogP) is 2.34. The molecule has 1 aliphatic heterocycles. The second-order valence-electron chi connectivity index (χ2n) is 5.68. The molecule has 0 radical (unpaired) electrons. The number of hydrogen-bond acceptors (Lipinski definition) is 3. The molecule has 1 aromatic carbocycles.